The number of anilines is 1. The van der Waals surface area contributed by atoms with Gasteiger partial charge in [0.25, 0.3) is 0 Å². The minimum atomic E-state index is -0.570. The second-order valence-electron chi connectivity index (χ2n) is 8.85. The van der Waals surface area contributed by atoms with Gasteiger partial charge in [-0.25, -0.2) is 29.3 Å². The quantitative estimate of drug-likeness (QED) is 0.594. The Kier molecular flexibility index (Phi) is 7.20. The Morgan fingerprint density at radius 3 is 2.79 bits per heavy atom. The third-order valence-electron chi connectivity index (χ3n) is 6.06. The first-order valence-electron chi connectivity index (χ1n) is 11.3. The van der Waals surface area contributed by atoms with Gasteiger partial charge in [-0.15, -0.1) is 0 Å². The highest BCUT2D eigenvalue weighted by molar-refractivity contribution is 5.87. The number of halogens is 1. The van der Waals surface area contributed by atoms with Gasteiger partial charge >= 0.3 is 0 Å². The number of methoxy groups -OCH3 is 1. The average molecular weight is 453 g/mol. The Balaban J connectivity index is 1.42. The second kappa shape index (κ2) is 10.3. The molecule has 0 bridgehead atoms. The predicted octanol–water partition coefficient (Wildman–Crippen LogP) is 3.43. The minimum Gasteiger partial charge on any atom is -0.383 e. The maximum Gasteiger partial charge on any atom is 0.250 e. The van der Waals surface area contributed by atoms with Crippen LogP contribution >= 0.6 is 0 Å². The Labute approximate surface area is 192 Å². The van der Waals surface area contributed by atoms with Crippen LogP contribution in [0.3, 0.4) is 0 Å². The molecule has 0 radical (unpaired) electrons. The number of ether oxygens (including phenoxy) is 1. The predicted molar refractivity (Wildman–Crippen MR) is 123 cm³/mol. The van der Waals surface area contributed by atoms with Gasteiger partial charge in [-0.3, -0.25) is 0 Å². The van der Waals surface area contributed by atoms with Crippen LogP contribution in [0.25, 0.3) is 11.4 Å². The number of aromatic nitrogens is 4. The van der Waals surface area contributed by atoms with E-state index in [1.807, 2.05) is 0 Å². The molecule has 0 aromatic carbocycles. The summed E-state index contributed by atoms with van der Waals surface area (Å²) in [6, 6.07) is 4.66. The van der Waals surface area contributed by atoms with Crippen molar-refractivity contribution in [2.24, 2.45) is 10.4 Å². The maximum atomic E-state index is 14.5. The summed E-state index contributed by atoms with van der Waals surface area (Å²) >= 11 is 0. The summed E-state index contributed by atoms with van der Waals surface area (Å²) in [4.78, 5) is 21.5. The summed E-state index contributed by atoms with van der Waals surface area (Å²) in [5.74, 6) is 0.00264. The monoisotopic (exact) mass is 452 g/mol. The van der Waals surface area contributed by atoms with E-state index in [4.69, 9.17) is 4.74 Å². The molecule has 2 saturated carbocycles. The van der Waals surface area contributed by atoms with Gasteiger partial charge in [0.1, 0.15) is 5.69 Å². The van der Waals surface area contributed by atoms with Crippen LogP contribution in [0.15, 0.2) is 23.5 Å². The van der Waals surface area contributed by atoms with Gasteiger partial charge in [-0.05, 0) is 51.5 Å². The summed E-state index contributed by atoms with van der Waals surface area (Å²) in [6.45, 7) is 3.27. The fraction of sp³-hybridized carbons (Fsp3) is 0.565. The molecule has 2 fully saturated rings. The van der Waals surface area contributed by atoms with E-state index < -0.39 is 5.82 Å². The van der Waals surface area contributed by atoms with E-state index in [2.05, 4.69) is 48.6 Å². The lowest BCUT2D eigenvalue weighted by molar-refractivity contribution is 0.164. The van der Waals surface area contributed by atoms with Crippen molar-refractivity contribution in [3.8, 4) is 17.5 Å². The Morgan fingerprint density at radius 2 is 2.09 bits per heavy atom. The molecule has 2 aliphatic rings. The van der Waals surface area contributed by atoms with Gasteiger partial charge < -0.3 is 15.4 Å². The molecule has 1 atom stereocenters. The molecule has 0 saturated heterocycles. The van der Waals surface area contributed by atoms with Crippen LogP contribution < -0.4 is 10.6 Å². The summed E-state index contributed by atoms with van der Waals surface area (Å²) < 4.78 is 19.7. The fourth-order valence-electron chi connectivity index (χ4n) is 3.97. The highest BCUT2D eigenvalue weighted by Gasteiger charge is 2.43. The molecule has 1 unspecified atom stereocenters. The van der Waals surface area contributed by atoms with Crippen molar-refractivity contribution in [2.45, 2.75) is 57.5 Å². The highest BCUT2D eigenvalue weighted by atomic mass is 19.1. The van der Waals surface area contributed by atoms with Crippen LogP contribution in [0.2, 0.25) is 0 Å². The third kappa shape index (κ3) is 6.06. The fourth-order valence-corrected chi connectivity index (χ4v) is 3.97. The van der Waals surface area contributed by atoms with E-state index in [1.54, 1.807) is 19.4 Å². The molecule has 0 spiro atoms. The number of aliphatic imine (C=N–C) groups is 1. The van der Waals surface area contributed by atoms with E-state index in [-0.39, 0.29) is 17.1 Å². The number of nitrogens with one attached hydrogen (secondary N) is 2. The molecular formula is C23H29FN8O. The third-order valence-corrected chi connectivity index (χ3v) is 6.06. The first-order valence-corrected chi connectivity index (χ1v) is 11.3. The molecule has 2 N–H and O–H groups in total. The first kappa shape index (κ1) is 23.1. The summed E-state index contributed by atoms with van der Waals surface area (Å²) in [5, 5.41) is 15.9. The Bertz CT molecular complexity index is 1040. The summed E-state index contributed by atoms with van der Waals surface area (Å²) in [7, 11) is 1.71. The van der Waals surface area contributed by atoms with Crippen LogP contribution in [0.1, 0.15) is 45.4 Å². The lowest BCUT2D eigenvalue weighted by atomic mass is 9.93. The van der Waals surface area contributed by atoms with Crippen LogP contribution in [-0.2, 0) is 4.74 Å². The normalized spacial score (nSPS) is 20.1. The first-order chi connectivity index (χ1) is 16.0. The van der Waals surface area contributed by atoms with E-state index in [0.717, 1.165) is 50.4 Å². The molecule has 174 valence electrons. The van der Waals surface area contributed by atoms with E-state index in [1.165, 1.54) is 0 Å². The summed E-state index contributed by atoms with van der Waals surface area (Å²) in [6.07, 6.45) is 8.05. The zero-order chi connectivity index (χ0) is 23.3. The van der Waals surface area contributed by atoms with Crippen LogP contribution in [0, 0.1) is 22.6 Å². The molecule has 2 aromatic rings. The molecule has 33 heavy (non-hydrogen) atoms. The molecule has 9 nitrogen and oxygen atoms in total. The molecule has 2 heterocycles. The van der Waals surface area contributed by atoms with Gasteiger partial charge in [-0.1, -0.05) is 0 Å². The topological polar surface area (TPSA) is 121 Å². The van der Waals surface area contributed by atoms with Crippen molar-refractivity contribution < 1.29 is 9.13 Å². The van der Waals surface area contributed by atoms with Crippen molar-refractivity contribution in [3.05, 3.63) is 24.3 Å². The smallest absolute Gasteiger partial charge is 0.250 e. The SMILES string of the molecule is COCC(C)NC1CCC(=Nc2ncc(F)c(-c3ccnc(NCC4(C#N)CC4)n3)n2)CC1. The van der Waals surface area contributed by atoms with Crippen molar-refractivity contribution >= 4 is 17.6 Å². The molecule has 2 aliphatic carbocycles. The van der Waals surface area contributed by atoms with Crippen molar-refractivity contribution in [3.63, 3.8) is 0 Å². The molecule has 4 rings (SSSR count). The van der Waals surface area contributed by atoms with Crippen LogP contribution in [-0.4, -0.2) is 58.0 Å². The number of nitrogens with zero attached hydrogens (tertiary/aromatic N) is 6. The minimum absolute atomic E-state index is 0.0833. The lowest BCUT2D eigenvalue weighted by Gasteiger charge is -2.27. The van der Waals surface area contributed by atoms with E-state index in [0.29, 0.717) is 36.9 Å². The average Bonchev–Trinajstić information content (AvgIpc) is 3.61. The van der Waals surface area contributed by atoms with Crippen LogP contribution in [0.4, 0.5) is 16.3 Å². The standard InChI is InChI=1S/C23H29FN8O/c1-15(12-33-2)29-16-3-5-17(6-4-16)30-22-27-11-18(24)20(32-22)19-7-10-26-21(31-19)28-14-23(13-25)8-9-23/h7,10-11,15-16,29H,3-6,8-9,12,14H2,1-2H3,(H,26,28,31). The second-order valence-corrected chi connectivity index (χ2v) is 8.85. The number of hydrogen-bond donors (Lipinski definition) is 2. The largest absolute Gasteiger partial charge is 0.383 e. The van der Waals surface area contributed by atoms with Crippen molar-refractivity contribution in [1.82, 2.24) is 25.3 Å². The lowest BCUT2D eigenvalue weighted by Crippen LogP contribution is -2.41. The van der Waals surface area contributed by atoms with Gasteiger partial charge in [0.2, 0.25) is 11.9 Å². The Morgan fingerprint density at radius 1 is 1.30 bits per heavy atom. The van der Waals surface area contributed by atoms with E-state index >= 15 is 0 Å². The zero-order valence-corrected chi connectivity index (χ0v) is 19.0. The van der Waals surface area contributed by atoms with Crippen LogP contribution in [0.5, 0.6) is 0 Å². The molecule has 10 heteroatoms. The highest BCUT2D eigenvalue weighted by Crippen LogP contribution is 2.44. The van der Waals surface area contributed by atoms with Crippen molar-refractivity contribution in [2.75, 3.05) is 25.6 Å². The molecule has 0 aliphatic heterocycles. The van der Waals surface area contributed by atoms with E-state index in [9.17, 15) is 9.65 Å². The maximum absolute atomic E-state index is 14.5. The molecular weight excluding hydrogens is 423 g/mol. The molecule has 2 aromatic heterocycles. The van der Waals surface area contributed by atoms with Gasteiger partial charge in [0.15, 0.2) is 5.82 Å². The Hall–Kier alpha value is -3.03. The number of rotatable bonds is 9. The van der Waals surface area contributed by atoms with Gasteiger partial charge in [0.05, 0.1) is 30.0 Å². The van der Waals surface area contributed by atoms with Gasteiger partial charge in [0, 0.05) is 37.6 Å². The number of hydrogen-bond acceptors (Lipinski definition) is 9. The van der Waals surface area contributed by atoms with Crippen molar-refractivity contribution in [1.29, 1.82) is 5.26 Å². The molecule has 0 amide bonds. The van der Waals surface area contributed by atoms with Gasteiger partial charge in [-0.2, -0.15) is 5.26 Å². The summed E-state index contributed by atoms with van der Waals surface area (Å²) in [5.41, 5.74) is 1.11. The number of nitriles is 1. The zero-order valence-electron chi connectivity index (χ0n) is 19.0.